The lowest BCUT2D eigenvalue weighted by atomic mass is 10.2. The number of hydrogen-bond donors (Lipinski definition) is 2. The molecule has 31 heavy (non-hydrogen) atoms. The van der Waals surface area contributed by atoms with Crippen LogP contribution in [-0.4, -0.2) is 37.2 Å². The highest BCUT2D eigenvalue weighted by molar-refractivity contribution is 6.31. The van der Waals surface area contributed by atoms with Gasteiger partial charge in [-0.25, -0.2) is 4.98 Å². The van der Waals surface area contributed by atoms with Crippen molar-refractivity contribution in [1.82, 2.24) is 9.97 Å². The van der Waals surface area contributed by atoms with E-state index in [2.05, 4.69) is 20.6 Å². The molecule has 0 aliphatic rings. The molecule has 0 saturated heterocycles. The Balaban J connectivity index is 1.88. The molecule has 3 aromatic rings. The van der Waals surface area contributed by atoms with Crippen LogP contribution in [0, 0.1) is 0 Å². The Morgan fingerprint density at radius 3 is 2.48 bits per heavy atom. The van der Waals surface area contributed by atoms with Crippen molar-refractivity contribution < 1.29 is 23.7 Å². The zero-order valence-corrected chi connectivity index (χ0v) is 18.1. The third-order valence-corrected chi connectivity index (χ3v) is 4.29. The summed E-state index contributed by atoms with van der Waals surface area (Å²) in [7, 11) is 4.57. The topological polar surface area (TPSA) is 104 Å². The highest BCUT2D eigenvalue weighted by atomic mass is 35.5. The Kier molecular flexibility index (Phi) is 6.99. The van der Waals surface area contributed by atoms with Gasteiger partial charge in [0.2, 0.25) is 23.5 Å². The van der Waals surface area contributed by atoms with Crippen LogP contribution in [-0.2, 0) is 4.79 Å². The number of benzene rings is 2. The van der Waals surface area contributed by atoms with Crippen LogP contribution in [0.15, 0.2) is 42.6 Å². The normalized spacial score (nSPS) is 10.2. The third-order valence-electron chi connectivity index (χ3n) is 4.03. The summed E-state index contributed by atoms with van der Waals surface area (Å²) in [6.07, 6.45) is 1.41. The van der Waals surface area contributed by atoms with Gasteiger partial charge in [0, 0.05) is 18.7 Å². The predicted molar refractivity (Wildman–Crippen MR) is 117 cm³/mol. The Morgan fingerprint density at radius 2 is 1.81 bits per heavy atom. The maximum Gasteiger partial charge on any atom is 0.243 e. The second-order valence-corrected chi connectivity index (χ2v) is 6.57. The summed E-state index contributed by atoms with van der Waals surface area (Å²) in [5.74, 6) is 1.99. The van der Waals surface area contributed by atoms with E-state index >= 15 is 0 Å². The van der Waals surface area contributed by atoms with Crippen molar-refractivity contribution in [3.8, 4) is 28.9 Å². The number of halogens is 1. The maximum atomic E-state index is 11.3. The first-order valence-electron chi connectivity index (χ1n) is 9.09. The summed E-state index contributed by atoms with van der Waals surface area (Å²) in [5.41, 5.74) is 1.14. The highest BCUT2D eigenvalue weighted by Gasteiger charge is 2.17. The molecular weight excluding hydrogens is 424 g/mol. The summed E-state index contributed by atoms with van der Waals surface area (Å²) in [4.78, 5) is 19.8. The molecule has 0 saturated carbocycles. The minimum atomic E-state index is -0.187. The largest absolute Gasteiger partial charge is 0.493 e. The van der Waals surface area contributed by atoms with Gasteiger partial charge in [0.15, 0.2) is 11.5 Å². The van der Waals surface area contributed by atoms with E-state index in [0.29, 0.717) is 34.4 Å². The van der Waals surface area contributed by atoms with E-state index in [1.807, 2.05) is 0 Å². The number of amides is 1. The van der Waals surface area contributed by atoms with Gasteiger partial charge >= 0.3 is 0 Å². The van der Waals surface area contributed by atoms with Gasteiger partial charge < -0.3 is 29.6 Å². The Hall–Kier alpha value is -3.72. The molecule has 9 nitrogen and oxygen atoms in total. The van der Waals surface area contributed by atoms with Gasteiger partial charge in [-0.05, 0) is 24.3 Å². The number of ether oxygens (including phenoxy) is 4. The van der Waals surface area contributed by atoms with Crippen LogP contribution in [0.1, 0.15) is 6.92 Å². The summed E-state index contributed by atoms with van der Waals surface area (Å²) in [6.45, 7) is 1.43. The standard InChI is InChI=1S/C21H21ClN4O5/c1-12(27)24-13-6-5-7-14(10-13)31-20-15(22)11-23-21(26-20)25-16-8-9-17(28-2)19(30-4)18(16)29-3/h5-11H,1-4H3,(H,24,27)(H,23,25,26). The fraction of sp³-hybridized carbons (Fsp3) is 0.190. The Labute approximate surface area is 184 Å². The first kappa shape index (κ1) is 22.0. The number of anilines is 3. The van der Waals surface area contributed by atoms with E-state index in [-0.39, 0.29) is 22.8 Å². The lowest BCUT2D eigenvalue weighted by molar-refractivity contribution is -0.114. The number of methoxy groups -OCH3 is 3. The van der Waals surface area contributed by atoms with Gasteiger partial charge in [-0.15, -0.1) is 0 Å². The molecule has 0 radical (unpaired) electrons. The molecule has 2 aromatic carbocycles. The van der Waals surface area contributed by atoms with Crippen molar-refractivity contribution in [1.29, 1.82) is 0 Å². The summed E-state index contributed by atoms with van der Waals surface area (Å²) >= 11 is 6.21. The minimum Gasteiger partial charge on any atom is -0.493 e. The van der Waals surface area contributed by atoms with Crippen LogP contribution >= 0.6 is 11.6 Å². The lowest BCUT2D eigenvalue weighted by Gasteiger charge is -2.16. The summed E-state index contributed by atoms with van der Waals surface area (Å²) in [6, 6.07) is 10.3. The Morgan fingerprint density at radius 1 is 1.03 bits per heavy atom. The van der Waals surface area contributed by atoms with Crippen LogP contribution in [0.5, 0.6) is 28.9 Å². The van der Waals surface area contributed by atoms with Crippen LogP contribution in [0.2, 0.25) is 5.02 Å². The molecule has 0 spiro atoms. The van der Waals surface area contributed by atoms with Crippen LogP contribution in [0.25, 0.3) is 0 Å². The monoisotopic (exact) mass is 444 g/mol. The van der Waals surface area contributed by atoms with Gasteiger partial charge in [0.25, 0.3) is 0 Å². The van der Waals surface area contributed by atoms with E-state index in [9.17, 15) is 4.79 Å². The number of carbonyl (C=O) groups is 1. The molecule has 0 fully saturated rings. The van der Waals surface area contributed by atoms with Crippen molar-refractivity contribution in [2.75, 3.05) is 32.0 Å². The van der Waals surface area contributed by atoms with Crippen molar-refractivity contribution in [3.05, 3.63) is 47.6 Å². The molecule has 1 heterocycles. The molecule has 10 heteroatoms. The fourth-order valence-electron chi connectivity index (χ4n) is 2.76. The number of hydrogen-bond acceptors (Lipinski definition) is 8. The number of rotatable bonds is 8. The van der Waals surface area contributed by atoms with Crippen molar-refractivity contribution in [2.24, 2.45) is 0 Å². The molecule has 0 bridgehead atoms. The average Bonchev–Trinajstić information content (AvgIpc) is 2.75. The van der Waals surface area contributed by atoms with Gasteiger partial charge in [0.05, 0.1) is 33.2 Å². The molecule has 162 valence electrons. The molecule has 0 unspecified atom stereocenters. The first-order valence-corrected chi connectivity index (χ1v) is 9.47. The van der Waals surface area contributed by atoms with Crippen LogP contribution in [0.4, 0.5) is 17.3 Å². The van der Waals surface area contributed by atoms with Crippen molar-refractivity contribution in [3.63, 3.8) is 0 Å². The minimum absolute atomic E-state index is 0.138. The number of nitrogens with zero attached hydrogens (tertiary/aromatic N) is 2. The van der Waals surface area contributed by atoms with E-state index in [0.717, 1.165) is 0 Å². The average molecular weight is 445 g/mol. The summed E-state index contributed by atoms with van der Waals surface area (Å²) in [5, 5.41) is 5.97. The van der Waals surface area contributed by atoms with Gasteiger partial charge in [-0.3, -0.25) is 4.79 Å². The highest BCUT2D eigenvalue weighted by Crippen LogP contribution is 2.43. The predicted octanol–water partition coefficient (Wildman–Crippen LogP) is 4.65. The van der Waals surface area contributed by atoms with E-state index in [1.165, 1.54) is 34.4 Å². The van der Waals surface area contributed by atoms with E-state index < -0.39 is 0 Å². The van der Waals surface area contributed by atoms with Gasteiger partial charge in [-0.2, -0.15) is 4.98 Å². The zero-order valence-electron chi connectivity index (χ0n) is 17.4. The molecule has 0 atom stereocenters. The van der Waals surface area contributed by atoms with Gasteiger partial charge in [0.1, 0.15) is 10.8 Å². The molecule has 2 N–H and O–H groups in total. The molecule has 1 aromatic heterocycles. The smallest absolute Gasteiger partial charge is 0.243 e. The lowest BCUT2D eigenvalue weighted by Crippen LogP contribution is -2.05. The second-order valence-electron chi connectivity index (χ2n) is 6.16. The van der Waals surface area contributed by atoms with Crippen LogP contribution in [0.3, 0.4) is 0 Å². The first-order chi connectivity index (χ1) is 14.9. The zero-order chi connectivity index (χ0) is 22.4. The molecule has 1 amide bonds. The molecule has 0 aliphatic carbocycles. The molecule has 0 aliphatic heterocycles. The number of nitrogens with one attached hydrogen (secondary N) is 2. The van der Waals surface area contributed by atoms with Crippen molar-refractivity contribution in [2.45, 2.75) is 6.92 Å². The van der Waals surface area contributed by atoms with Crippen molar-refractivity contribution >= 4 is 34.8 Å². The van der Waals surface area contributed by atoms with E-state index in [1.54, 1.807) is 36.4 Å². The summed E-state index contributed by atoms with van der Waals surface area (Å²) < 4.78 is 21.9. The van der Waals surface area contributed by atoms with E-state index in [4.69, 9.17) is 30.5 Å². The quantitative estimate of drug-likeness (QED) is 0.517. The SMILES string of the molecule is COc1ccc(Nc2ncc(Cl)c(Oc3cccc(NC(C)=O)c3)n2)c(OC)c1OC. The maximum absolute atomic E-state index is 11.3. The van der Waals surface area contributed by atoms with Gasteiger partial charge in [-0.1, -0.05) is 17.7 Å². The molecular formula is C21H21ClN4O5. The second kappa shape index (κ2) is 9.86. The Bertz CT molecular complexity index is 1090. The van der Waals surface area contributed by atoms with Crippen LogP contribution < -0.4 is 29.6 Å². The molecule has 3 rings (SSSR count). The number of carbonyl (C=O) groups excluding carboxylic acids is 1. The fourth-order valence-corrected chi connectivity index (χ4v) is 2.89. The number of aromatic nitrogens is 2. The third kappa shape index (κ3) is 5.26.